The van der Waals surface area contributed by atoms with E-state index in [0.717, 1.165) is 25.9 Å². The van der Waals surface area contributed by atoms with Crippen LogP contribution in [0.5, 0.6) is 5.75 Å². The van der Waals surface area contributed by atoms with Crippen molar-refractivity contribution in [3.8, 4) is 5.75 Å². The number of nitrogens with zero attached hydrogens (tertiary/aromatic N) is 2. The van der Waals surface area contributed by atoms with Crippen molar-refractivity contribution < 1.29 is 34.2 Å². The van der Waals surface area contributed by atoms with Crippen LogP contribution in [-0.2, 0) is 32.1 Å². The highest BCUT2D eigenvalue weighted by Crippen LogP contribution is 2.52. The zero-order chi connectivity index (χ0) is 31.0. The monoisotopic (exact) mass is 601 g/mol. The first kappa shape index (κ1) is 30.8. The molecule has 1 aromatic carbocycles. The molecule has 0 aromatic heterocycles. The third-order valence-corrected chi connectivity index (χ3v) is 10.7. The molecule has 5 rings (SSSR count). The molecular weight excluding hydrogens is 562 g/mol. The second-order valence-electron chi connectivity index (χ2n) is 13.9. The van der Waals surface area contributed by atoms with Crippen molar-refractivity contribution in [1.82, 2.24) is 9.80 Å². The van der Waals surface area contributed by atoms with E-state index in [4.69, 9.17) is 17.3 Å². The van der Waals surface area contributed by atoms with Gasteiger partial charge in [0.2, 0.25) is 5.91 Å². The lowest BCUT2D eigenvalue weighted by molar-refractivity contribution is -0.181. The highest BCUT2D eigenvalue weighted by molar-refractivity contribution is 6.34. The summed E-state index contributed by atoms with van der Waals surface area (Å²) in [6.07, 6.45) is 2.24. The largest absolute Gasteiger partial charge is 0.507 e. The molecule has 0 bridgehead atoms. The predicted molar refractivity (Wildman–Crippen MR) is 154 cm³/mol. The van der Waals surface area contributed by atoms with Crippen LogP contribution in [0, 0.1) is 35.0 Å². The van der Waals surface area contributed by atoms with E-state index < -0.39 is 64.4 Å². The maximum atomic E-state index is 13.9. The summed E-state index contributed by atoms with van der Waals surface area (Å²) < 4.78 is 0. The maximum Gasteiger partial charge on any atom is 0.235 e. The van der Waals surface area contributed by atoms with Crippen molar-refractivity contribution >= 4 is 40.6 Å². The quantitative estimate of drug-likeness (QED) is 0.437. The van der Waals surface area contributed by atoms with Crippen LogP contribution in [-0.4, -0.2) is 87.9 Å². The average molecular weight is 602 g/mol. The summed E-state index contributed by atoms with van der Waals surface area (Å²) >= 11 is 6.90. The molecule has 1 saturated heterocycles. The van der Waals surface area contributed by atoms with E-state index in [1.54, 1.807) is 14.1 Å². The van der Waals surface area contributed by atoms with Crippen LogP contribution in [0.2, 0.25) is 5.02 Å². The van der Waals surface area contributed by atoms with E-state index in [0.29, 0.717) is 28.6 Å². The lowest BCUT2D eigenvalue weighted by Crippen LogP contribution is -2.74. The third-order valence-electron chi connectivity index (χ3n) is 10.3. The fourth-order valence-electron chi connectivity index (χ4n) is 8.02. The van der Waals surface area contributed by atoms with Crippen molar-refractivity contribution in [2.45, 2.75) is 64.6 Å². The number of piperidine rings is 1. The van der Waals surface area contributed by atoms with Crippen molar-refractivity contribution in [3.63, 3.8) is 0 Å². The van der Waals surface area contributed by atoms with Gasteiger partial charge in [0, 0.05) is 17.5 Å². The average Bonchev–Trinajstić information content (AvgIpc) is 2.88. The van der Waals surface area contributed by atoms with Crippen LogP contribution in [0.4, 0.5) is 0 Å². The zero-order valence-corrected chi connectivity index (χ0v) is 25.5. The highest BCUT2D eigenvalue weighted by Gasteiger charge is 2.69. The number of phenolic OH excluding ortho intramolecular Hbond substituents is 1. The molecule has 4 aliphatic rings. The number of primary amides is 1. The molecule has 228 valence electrons. The second-order valence-corrected chi connectivity index (χ2v) is 14.3. The van der Waals surface area contributed by atoms with Gasteiger partial charge in [0.15, 0.2) is 34.7 Å². The normalized spacial score (nSPS) is 32.5. The van der Waals surface area contributed by atoms with Gasteiger partial charge in [-0.15, -0.1) is 0 Å². The van der Waals surface area contributed by atoms with Crippen LogP contribution in [0.3, 0.4) is 0 Å². The van der Waals surface area contributed by atoms with Gasteiger partial charge in [0.1, 0.15) is 5.75 Å². The molecule has 1 amide bonds. The number of aliphatic hydroxyl groups is 1. The second kappa shape index (κ2) is 10.5. The Morgan fingerprint density at radius 1 is 1.14 bits per heavy atom. The Hall–Kier alpha value is -2.66. The summed E-state index contributed by atoms with van der Waals surface area (Å²) in [6, 6.07) is 0.327. The fraction of sp³-hybridized carbons (Fsp3) is 0.645. The number of Topliss-reactive ketones (excluding diaryl/α,β-unsaturated/α-hetero) is 4. The molecule has 11 heteroatoms. The molecule has 3 fully saturated rings. The summed E-state index contributed by atoms with van der Waals surface area (Å²) in [4.78, 5) is 70.2. The molecule has 2 saturated carbocycles. The van der Waals surface area contributed by atoms with Crippen LogP contribution >= 0.6 is 11.6 Å². The SMILES string of the molecule is CN(C)[C@@H]1C(=O)C(C(N)=O)C(=O)[C@@]2(O)C(=O)C3C(=O)c4c(O)cc(CN5CCC(C(C)(C)C)CC5)c(Cl)c4C[C@H]3C[C@@H]12. The molecular formula is C31H40ClN3O7. The van der Waals surface area contributed by atoms with Crippen LogP contribution < -0.4 is 5.73 Å². The van der Waals surface area contributed by atoms with Gasteiger partial charge < -0.3 is 15.9 Å². The fourth-order valence-corrected chi connectivity index (χ4v) is 8.31. The van der Waals surface area contributed by atoms with Gasteiger partial charge >= 0.3 is 0 Å². The van der Waals surface area contributed by atoms with E-state index in [1.807, 2.05) is 0 Å². The number of carbonyl (C=O) groups is 5. The number of nitrogens with two attached hydrogens (primary N) is 1. The van der Waals surface area contributed by atoms with E-state index in [9.17, 15) is 34.2 Å². The topological polar surface area (TPSA) is 158 Å². The Morgan fingerprint density at radius 2 is 1.76 bits per heavy atom. The lowest BCUT2D eigenvalue weighted by Gasteiger charge is -2.52. The number of likely N-dealkylation sites (tertiary alicyclic amines) is 1. The number of aromatic hydroxyl groups is 1. The Kier molecular flexibility index (Phi) is 7.70. The Labute approximate surface area is 250 Å². The van der Waals surface area contributed by atoms with Crippen LogP contribution in [0.1, 0.15) is 61.5 Å². The number of hydrogen-bond acceptors (Lipinski definition) is 9. The number of hydrogen-bond donors (Lipinski definition) is 3. The number of fused-ring (bicyclic) bond motifs is 3. The number of halogens is 1. The molecule has 10 nitrogen and oxygen atoms in total. The van der Waals surface area contributed by atoms with E-state index in [2.05, 4.69) is 25.7 Å². The van der Waals surface area contributed by atoms with Crippen molar-refractivity contribution in [1.29, 1.82) is 0 Å². The molecule has 0 spiro atoms. The van der Waals surface area contributed by atoms with Gasteiger partial charge in [0.05, 0.1) is 17.5 Å². The number of likely N-dealkylation sites (N-methyl/N-ethyl adjacent to an activating group) is 1. The third kappa shape index (κ3) is 4.62. The zero-order valence-electron chi connectivity index (χ0n) is 24.8. The minimum atomic E-state index is -2.74. The number of phenols is 1. The molecule has 1 heterocycles. The standard InChI is InChI=1S/C31H40ClN3O7/c1-30(2,3)16-6-8-35(9-7-16)13-15-12-19(36)21-17(23(15)32)10-14-11-18-24(34(4)5)26(38)22(29(33)41)28(40)31(18,42)27(39)20(14)25(21)37/h12,14,16,18,20,22,24,36,42H,6-11,13H2,1-5H3,(H2,33,41)/t14-,18-,20?,22?,24-,31-/m0/s1. The molecule has 42 heavy (non-hydrogen) atoms. The van der Waals surface area contributed by atoms with Gasteiger partial charge in [-0.1, -0.05) is 32.4 Å². The minimum Gasteiger partial charge on any atom is -0.507 e. The smallest absolute Gasteiger partial charge is 0.235 e. The summed E-state index contributed by atoms with van der Waals surface area (Å²) in [6.45, 7) is 9.03. The van der Waals surface area contributed by atoms with E-state index in [-0.39, 0.29) is 29.6 Å². The lowest BCUT2D eigenvalue weighted by atomic mass is 9.52. The number of ketones is 4. The van der Waals surface area contributed by atoms with Crippen molar-refractivity contribution in [2.75, 3.05) is 27.2 Å². The highest BCUT2D eigenvalue weighted by atomic mass is 35.5. The van der Waals surface area contributed by atoms with Crippen LogP contribution in [0.15, 0.2) is 6.07 Å². The molecule has 2 unspecified atom stereocenters. The molecule has 1 aromatic rings. The number of amides is 1. The number of rotatable bonds is 4. The Bertz CT molecular complexity index is 1380. The summed E-state index contributed by atoms with van der Waals surface area (Å²) in [5.74, 6) is -10.0. The first-order valence-corrected chi connectivity index (χ1v) is 15.0. The predicted octanol–water partition coefficient (Wildman–Crippen LogP) is 1.78. The van der Waals surface area contributed by atoms with E-state index in [1.165, 1.54) is 11.0 Å². The first-order valence-electron chi connectivity index (χ1n) is 14.6. The summed E-state index contributed by atoms with van der Waals surface area (Å²) in [7, 11) is 3.11. The summed E-state index contributed by atoms with van der Waals surface area (Å²) in [5.41, 5.74) is 3.89. The molecule has 0 radical (unpaired) electrons. The van der Waals surface area contributed by atoms with Gasteiger partial charge in [0.25, 0.3) is 0 Å². The maximum absolute atomic E-state index is 13.9. The van der Waals surface area contributed by atoms with Crippen LogP contribution in [0.25, 0.3) is 0 Å². The number of benzene rings is 1. The van der Waals surface area contributed by atoms with Gasteiger partial charge in [-0.05, 0) is 87.3 Å². The van der Waals surface area contributed by atoms with E-state index >= 15 is 0 Å². The van der Waals surface area contributed by atoms with Crippen molar-refractivity contribution in [2.24, 2.45) is 40.7 Å². The van der Waals surface area contributed by atoms with Crippen molar-refractivity contribution in [3.05, 3.63) is 27.8 Å². The summed E-state index contributed by atoms with van der Waals surface area (Å²) in [5, 5.41) is 23.1. The molecule has 6 atom stereocenters. The molecule has 4 N–H and O–H groups in total. The Morgan fingerprint density at radius 3 is 2.31 bits per heavy atom. The van der Waals surface area contributed by atoms with Gasteiger partial charge in [-0.3, -0.25) is 33.8 Å². The molecule has 3 aliphatic carbocycles. The molecule has 1 aliphatic heterocycles. The number of carbonyl (C=O) groups excluding carboxylic acids is 5. The van der Waals surface area contributed by atoms with Gasteiger partial charge in [-0.25, -0.2) is 0 Å². The Balaban J connectivity index is 1.49. The van der Waals surface area contributed by atoms with Gasteiger partial charge in [-0.2, -0.15) is 0 Å². The minimum absolute atomic E-state index is 0.00840. The first-order chi connectivity index (χ1) is 19.5.